The van der Waals surface area contributed by atoms with Gasteiger partial charge in [-0.3, -0.25) is 9.59 Å². The summed E-state index contributed by atoms with van der Waals surface area (Å²) in [4.78, 5) is 30.0. The lowest BCUT2D eigenvalue weighted by molar-refractivity contribution is 0.0748. The topological polar surface area (TPSA) is 85.2 Å². The molecule has 0 saturated carbocycles. The van der Waals surface area contributed by atoms with Crippen LogP contribution >= 0.6 is 23.2 Å². The van der Waals surface area contributed by atoms with E-state index in [2.05, 4.69) is 15.4 Å². The molecular formula is C29H24Cl2N4O3. The first-order valence-electron chi connectivity index (χ1n) is 12.0. The van der Waals surface area contributed by atoms with Crippen molar-refractivity contribution in [3.05, 3.63) is 106 Å². The molecule has 0 aromatic heterocycles. The van der Waals surface area contributed by atoms with Crippen LogP contribution in [-0.2, 0) is 0 Å². The van der Waals surface area contributed by atoms with Gasteiger partial charge in [-0.05, 0) is 47.2 Å². The van der Waals surface area contributed by atoms with Crippen LogP contribution in [0.25, 0.3) is 10.8 Å². The molecule has 1 saturated heterocycles. The smallest absolute Gasteiger partial charge is 0.271 e. The fraction of sp³-hybridized carbons (Fsp3) is 0.138. The van der Waals surface area contributed by atoms with E-state index in [1.807, 2.05) is 59.5 Å². The number of phenols is 1. The second-order valence-electron chi connectivity index (χ2n) is 8.84. The molecule has 0 unspecified atom stereocenters. The molecule has 0 aliphatic carbocycles. The highest BCUT2D eigenvalue weighted by atomic mass is 35.5. The molecule has 0 radical (unpaired) electrons. The first-order valence-corrected chi connectivity index (χ1v) is 12.8. The van der Waals surface area contributed by atoms with Gasteiger partial charge in [-0.15, -0.1) is 0 Å². The Hall–Kier alpha value is -4.07. The van der Waals surface area contributed by atoms with Crippen molar-refractivity contribution in [2.75, 3.05) is 31.1 Å². The Labute approximate surface area is 229 Å². The van der Waals surface area contributed by atoms with Crippen molar-refractivity contribution in [1.29, 1.82) is 0 Å². The number of carbonyl (C=O) groups excluding carboxylic acids is 2. The standard InChI is InChI=1S/C29H24Cl2N4O3/c30-24-7-3-4-8-26(24)34-13-15-35(16-14-34)29(38)23-11-9-20(21-5-1-2-6-22(21)23)18-32-33-28(37)19-10-12-27(36)25(31)17-19/h1-12,17-18,36H,13-16H2,(H,33,37). The number of amides is 2. The van der Waals surface area contributed by atoms with Crippen LogP contribution in [0.1, 0.15) is 26.3 Å². The third-order valence-electron chi connectivity index (χ3n) is 6.53. The Morgan fingerprint density at radius 1 is 0.842 bits per heavy atom. The summed E-state index contributed by atoms with van der Waals surface area (Å²) in [6.45, 7) is 2.58. The molecule has 7 nitrogen and oxygen atoms in total. The molecule has 1 aliphatic heterocycles. The second kappa shape index (κ2) is 11.1. The van der Waals surface area contributed by atoms with Crippen LogP contribution in [-0.4, -0.2) is 54.2 Å². The normalized spacial score (nSPS) is 13.7. The fourth-order valence-electron chi connectivity index (χ4n) is 4.52. The number of carbonyl (C=O) groups is 2. The third kappa shape index (κ3) is 5.30. The average Bonchev–Trinajstić information content (AvgIpc) is 2.94. The Morgan fingerprint density at radius 3 is 2.29 bits per heavy atom. The molecule has 0 spiro atoms. The zero-order valence-electron chi connectivity index (χ0n) is 20.3. The predicted molar refractivity (Wildman–Crippen MR) is 152 cm³/mol. The van der Waals surface area contributed by atoms with Gasteiger partial charge in [0.15, 0.2) is 0 Å². The minimum Gasteiger partial charge on any atom is -0.506 e. The van der Waals surface area contributed by atoms with Crippen LogP contribution in [0.15, 0.2) is 84.0 Å². The number of anilines is 1. The van der Waals surface area contributed by atoms with E-state index in [-0.39, 0.29) is 22.2 Å². The number of aromatic hydroxyl groups is 1. The average molecular weight is 547 g/mol. The quantitative estimate of drug-likeness (QED) is 0.253. The zero-order chi connectivity index (χ0) is 26.6. The van der Waals surface area contributed by atoms with E-state index in [0.717, 1.165) is 22.0 Å². The number of piperazine rings is 1. The maximum Gasteiger partial charge on any atom is 0.271 e. The lowest BCUT2D eigenvalue weighted by Gasteiger charge is -2.36. The largest absolute Gasteiger partial charge is 0.506 e. The number of para-hydroxylation sites is 1. The molecule has 0 atom stereocenters. The van der Waals surface area contributed by atoms with E-state index in [1.54, 1.807) is 12.3 Å². The molecule has 192 valence electrons. The van der Waals surface area contributed by atoms with Crippen molar-refractivity contribution in [3.8, 4) is 5.75 Å². The first kappa shape index (κ1) is 25.6. The highest BCUT2D eigenvalue weighted by Gasteiger charge is 2.24. The number of nitrogens with one attached hydrogen (secondary N) is 1. The molecule has 4 aromatic carbocycles. The van der Waals surface area contributed by atoms with E-state index in [0.29, 0.717) is 36.8 Å². The van der Waals surface area contributed by atoms with Crippen LogP contribution in [0, 0.1) is 0 Å². The highest BCUT2D eigenvalue weighted by Crippen LogP contribution is 2.28. The molecule has 2 amide bonds. The molecule has 5 rings (SSSR count). The number of hydrogen-bond donors (Lipinski definition) is 2. The molecule has 38 heavy (non-hydrogen) atoms. The van der Waals surface area contributed by atoms with Crippen molar-refractivity contribution >= 4 is 57.7 Å². The summed E-state index contributed by atoms with van der Waals surface area (Å²) in [5.41, 5.74) is 5.09. The lowest BCUT2D eigenvalue weighted by atomic mass is 9.99. The SMILES string of the molecule is O=C(NN=Cc1ccc(C(=O)N2CCN(c3ccccc3Cl)CC2)c2ccccc12)c1ccc(O)c(Cl)c1. The van der Waals surface area contributed by atoms with Gasteiger partial charge in [-0.25, -0.2) is 5.43 Å². The molecule has 1 aliphatic rings. The van der Waals surface area contributed by atoms with E-state index >= 15 is 0 Å². The Balaban J connectivity index is 1.31. The Bertz CT molecular complexity index is 1550. The van der Waals surface area contributed by atoms with E-state index < -0.39 is 5.91 Å². The number of phenolic OH excluding ortho intramolecular Hbond substituents is 1. The molecule has 0 bridgehead atoms. The first-order chi connectivity index (χ1) is 18.4. The van der Waals surface area contributed by atoms with Crippen molar-refractivity contribution < 1.29 is 14.7 Å². The van der Waals surface area contributed by atoms with Crippen LogP contribution in [0.2, 0.25) is 10.0 Å². The minimum absolute atomic E-state index is 0.0268. The van der Waals surface area contributed by atoms with Gasteiger partial charge in [-0.2, -0.15) is 5.10 Å². The van der Waals surface area contributed by atoms with Crippen LogP contribution in [0.4, 0.5) is 5.69 Å². The third-order valence-corrected chi connectivity index (χ3v) is 7.15. The number of nitrogens with zero attached hydrogens (tertiary/aromatic N) is 3. The maximum absolute atomic E-state index is 13.5. The number of benzene rings is 4. The number of hydrogen-bond acceptors (Lipinski definition) is 5. The summed E-state index contributed by atoms with van der Waals surface area (Å²) in [5.74, 6) is -0.591. The van der Waals surface area contributed by atoms with Crippen molar-refractivity contribution in [2.45, 2.75) is 0 Å². The van der Waals surface area contributed by atoms with Gasteiger partial charge in [0.05, 0.1) is 21.9 Å². The monoisotopic (exact) mass is 546 g/mol. The zero-order valence-corrected chi connectivity index (χ0v) is 21.8. The van der Waals surface area contributed by atoms with Crippen molar-refractivity contribution in [1.82, 2.24) is 10.3 Å². The van der Waals surface area contributed by atoms with Gasteiger partial charge in [-0.1, -0.05) is 65.7 Å². The summed E-state index contributed by atoms with van der Waals surface area (Å²) < 4.78 is 0. The summed E-state index contributed by atoms with van der Waals surface area (Å²) in [5, 5.41) is 16.1. The summed E-state index contributed by atoms with van der Waals surface area (Å²) in [7, 11) is 0. The molecule has 9 heteroatoms. The molecular weight excluding hydrogens is 523 g/mol. The van der Waals surface area contributed by atoms with Crippen LogP contribution in [0.3, 0.4) is 0 Å². The van der Waals surface area contributed by atoms with Crippen LogP contribution < -0.4 is 10.3 Å². The Kier molecular flexibility index (Phi) is 7.49. The van der Waals surface area contributed by atoms with Gasteiger partial charge in [0.25, 0.3) is 11.8 Å². The number of hydrazone groups is 1. The van der Waals surface area contributed by atoms with E-state index in [1.165, 1.54) is 18.2 Å². The molecule has 1 heterocycles. The summed E-state index contributed by atoms with van der Waals surface area (Å²) >= 11 is 12.2. The Morgan fingerprint density at radius 2 is 1.55 bits per heavy atom. The van der Waals surface area contributed by atoms with Gasteiger partial charge < -0.3 is 14.9 Å². The van der Waals surface area contributed by atoms with Crippen molar-refractivity contribution in [2.24, 2.45) is 5.10 Å². The maximum atomic E-state index is 13.5. The van der Waals surface area contributed by atoms with Gasteiger partial charge in [0.2, 0.25) is 0 Å². The second-order valence-corrected chi connectivity index (χ2v) is 9.66. The fourth-order valence-corrected chi connectivity index (χ4v) is 4.96. The molecule has 1 fully saturated rings. The van der Waals surface area contributed by atoms with Gasteiger partial charge in [0, 0.05) is 42.9 Å². The van der Waals surface area contributed by atoms with Crippen LogP contribution in [0.5, 0.6) is 5.75 Å². The minimum atomic E-state index is -0.463. The highest BCUT2D eigenvalue weighted by molar-refractivity contribution is 6.33. The molecule has 2 N–H and O–H groups in total. The van der Waals surface area contributed by atoms with Gasteiger partial charge >= 0.3 is 0 Å². The number of halogens is 2. The number of fused-ring (bicyclic) bond motifs is 1. The summed E-state index contributed by atoms with van der Waals surface area (Å²) in [6, 6.07) is 23.2. The predicted octanol–water partition coefficient (Wildman–Crippen LogP) is 5.58. The lowest BCUT2D eigenvalue weighted by Crippen LogP contribution is -2.48. The molecule has 4 aromatic rings. The van der Waals surface area contributed by atoms with E-state index in [4.69, 9.17) is 23.2 Å². The van der Waals surface area contributed by atoms with Gasteiger partial charge in [0.1, 0.15) is 5.75 Å². The summed E-state index contributed by atoms with van der Waals surface area (Å²) in [6.07, 6.45) is 1.54. The number of rotatable bonds is 5. The van der Waals surface area contributed by atoms with Crippen molar-refractivity contribution in [3.63, 3.8) is 0 Å². The van der Waals surface area contributed by atoms with E-state index in [9.17, 15) is 14.7 Å².